The Kier molecular flexibility index (Phi) is 11.7. The molecule has 7 nitrogen and oxygen atoms in total. The molecular formula is C32H44BrNO6Si. The van der Waals surface area contributed by atoms with Crippen molar-refractivity contribution in [3.8, 4) is 5.75 Å². The molecule has 0 radical (unpaired) electrons. The van der Waals surface area contributed by atoms with Gasteiger partial charge in [-0.05, 0) is 44.7 Å². The van der Waals surface area contributed by atoms with Gasteiger partial charge in [0.2, 0.25) is 0 Å². The second-order valence-corrected chi connectivity index (χ2v) is 16.7. The molecule has 2 N–H and O–H groups in total. The van der Waals surface area contributed by atoms with Crippen LogP contribution in [0, 0.1) is 12.3 Å². The summed E-state index contributed by atoms with van der Waals surface area (Å²) in [5.41, 5.74) is 0.359. The van der Waals surface area contributed by atoms with Gasteiger partial charge in [-0.2, -0.15) is 0 Å². The van der Waals surface area contributed by atoms with Crippen molar-refractivity contribution < 1.29 is 28.8 Å². The molecule has 3 unspecified atom stereocenters. The number of benzene rings is 2. The maximum Gasteiger partial charge on any atom is 0.261 e. The quantitative estimate of drug-likeness (QED) is 0.185. The molecule has 0 aliphatic heterocycles. The van der Waals surface area contributed by atoms with E-state index in [4.69, 9.17) is 18.6 Å². The molecule has 0 amide bonds. The van der Waals surface area contributed by atoms with Gasteiger partial charge in [-0.1, -0.05) is 88.4 Å². The number of aromatic nitrogens is 1. The first-order chi connectivity index (χ1) is 19.5. The molecule has 41 heavy (non-hydrogen) atoms. The van der Waals surface area contributed by atoms with Gasteiger partial charge in [0.05, 0.1) is 19.8 Å². The summed E-state index contributed by atoms with van der Waals surface area (Å²) in [5, 5.41) is 23.7. The lowest BCUT2D eigenvalue weighted by atomic mass is 9.74. The smallest absolute Gasteiger partial charge is 0.261 e. The lowest BCUT2D eigenvalue weighted by molar-refractivity contribution is -0.161. The van der Waals surface area contributed by atoms with Gasteiger partial charge in [0, 0.05) is 35.4 Å². The van der Waals surface area contributed by atoms with E-state index in [9.17, 15) is 10.2 Å². The summed E-state index contributed by atoms with van der Waals surface area (Å²) in [6.07, 6.45) is 0.158. The zero-order chi connectivity index (χ0) is 30.3. The van der Waals surface area contributed by atoms with E-state index >= 15 is 0 Å². The van der Waals surface area contributed by atoms with Crippen LogP contribution in [0.1, 0.15) is 51.5 Å². The predicted molar refractivity (Wildman–Crippen MR) is 168 cm³/mol. The molecule has 3 atom stereocenters. The molecule has 0 bridgehead atoms. The summed E-state index contributed by atoms with van der Waals surface area (Å²) in [5.74, 6) is 0.546. The van der Waals surface area contributed by atoms with Gasteiger partial charge in [0.25, 0.3) is 8.32 Å². The molecule has 9 heteroatoms. The Morgan fingerprint density at radius 3 is 1.98 bits per heavy atom. The van der Waals surface area contributed by atoms with Crippen LogP contribution in [-0.2, 0) is 13.9 Å². The zero-order valence-corrected chi connectivity index (χ0v) is 27.8. The maximum absolute atomic E-state index is 11.3. The van der Waals surface area contributed by atoms with E-state index in [2.05, 4.69) is 90.2 Å². The first-order valence-corrected chi connectivity index (χ1v) is 16.5. The van der Waals surface area contributed by atoms with E-state index < -0.39 is 32.5 Å². The lowest BCUT2D eigenvalue weighted by Crippen LogP contribution is -2.66. The van der Waals surface area contributed by atoms with Crippen LogP contribution in [0.4, 0.5) is 0 Å². The van der Waals surface area contributed by atoms with E-state index in [0.717, 1.165) is 10.0 Å². The van der Waals surface area contributed by atoms with Crippen LogP contribution in [0.15, 0.2) is 71.3 Å². The number of halogens is 1. The fourth-order valence-corrected chi connectivity index (χ4v) is 10.5. The van der Waals surface area contributed by atoms with Crippen LogP contribution >= 0.6 is 15.9 Å². The van der Waals surface area contributed by atoms with E-state index in [-0.39, 0.29) is 11.8 Å². The van der Waals surface area contributed by atoms with Crippen molar-refractivity contribution in [1.82, 2.24) is 4.98 Å². The number of pyridine rings is 1. The number of aliphatic hydroxyl groups is 2. The zero-order valence-electron chi connectivity index (χ0n) is 25.2. The van der Waals surface area contributed by atoms with Crippen LogP contribution in [0.3, 0.4) is 0 Å². The Morgan fingerprint density at radius 2 is 1.51 bits per heavy atom. The maximum atomic E-state index is 11.3. The minimum absolute atomic E-state index is 0.0338. The van der Waals surface area contributed by atoms with Crippen molar-refractivity contribution in [2.24, 2.45) is 5.41 Å². The Labute approximate surface area is 254 Å². The summed E-state index contributed by atoms with van der Waals surface area (Å²) < 4.78 is 25.2. The van der Waals surface area contributed by atoms with Crippen LogP contribution in [0.25, 0.3) is 0 Å². The van der Waals surface area contributed by atoms with Crippen molar-refractivity contribution in [2.45, 2.75) is 58.3 Å². The van der Waals surface area contributed by atoms with E-state index in [1.165, 1.54) is 10.4 Å². The van der Waals surface area contributed by atoms with Gasteiger partial charge in [0.1, 0.15) is 24.3 Å². The van der Waals surface area contributed by atoms with E-state index in [1.807, 2.05) is 26.0 Å². The van der Waals surface area contributed by atoms with E-state index in [0.29, 0.717) is 24.5 Å². The Morgan fingerprint density at radius 1 is 0.951 bits per heavy atom. The number of ether oxygens (including phenoxy) is 3. The highest BCUT2D eigenvalue weighted by atomic mass is 79.9. The van der Waals surface area contributed by atoms with Crippen molar-refractivity contribution in [3.05, 3.63) is 82.6 Å². The van der Waals surface area contributed by atoms with Crippen LogP contribution in [0.2, 0.25) is 5.04 Å². The number of rotatable bonds is 14. The fourth-order valence-electron chi connectivity index (χ4n) is 5.61. The van der Waals surface area contributed by atoms with Gasteiger partial charge in [-0.3, -0.25) is 4.98 Å². The first-order valence-electron chi connectivity index (χ1n) is 13.8. The van der Waals surface area contributed by atoms with Gasteiger partial charge in [0.15, 0.2) is 0 Å². The molecule has 3 aromatic rings. The second kappa shape index (κ2) is 14.4. The Hall–Kier alpha value is -2.11. The first kappa shape index (κ1) is 33.4. The average Bonchev–Trinajstić information content (AvgIpc) is 2.97. The third-order valence-corrected chi connectivity index (χ3v) is 13.8. The second-order valence-electron chi connectivity index (χ2n) is 11.6. The summed E-state index contributed by atoms with van der Waals surface area (Å²) in [6, 6.07) is 20.8. The van der Waals surface area contributed by atoms with Gasteiger partial charge >= 0.3 is 0 Å². The molecule has 0 aliphatic rings. The Balaban J connectivity index is 2.10. The molecular weight excluding hydrogens is 602 g/mol. The summed E-state index contributed by atoms with van der Waals surface area (Å²) >= 11 is 3.53. The van der Waals surface area contributed by atoms with Crippen molar-refractivity contribution in [2.75, 3.05) is 34.2 Å². The predicted octanol–water partition coefficient (Wildman–Crippen LogP) is 5.15. The molecule has 224 valence electrons. The highest BCUT2D eigenvalue weighted by Crippen LogP contribution is 2.47. The SMILES string of the molecule is COCOC(c1ncc(Br)c(C)c1OC)C(C)(CCO[Si](c1ccccc1)(c1ccccc1)C(C)(C)C)C(O)CO. The standard InChI is InChI=1S/C32H44BrNO6Si/c1-23-26(33)20-34-28(29(23)38-7)30(39-22-37-6)32(5,27(36)21-35)18-19-40-41(31(2,3)4,24-14-10-8-11-15-24)25-16-12-9-13-17-25/h8-17,20,27,30,35-36H,18-19,21-22H2,1-7H3. The monoisotopic (exact) mass is 645 g/mol. The van der Waals surface area contributed by atoms with Crippen LogP contribution in [0.5, 0.6) is 5.75 Å². The van der Waals surface area contributed by atoms with E-state index in [1.54, 1.807) is 20.4 Å². The number of nitrogens with zero attached hydrogens (tertiary/aromatic N) is 1. The van der Waals surface area contributed by atoms with Crippen molar-refractivity contribution in [1.29, 1.82) is 0 Å². The fraction of sp³-hybridized carbons (Fsp3) is 0.469. The topological polar surface area (TPSA) is 90.3 Å². The molecule has 3 rings (SSSR count). The molecule has 0 spiro atoms. The number of aliphatic hydroxyl groups excluding tert-OH is 2. The highest BCUT2D eigenvalue weighted by molar-refractivity contribution is 9.10. The van der Waals surface area contributed by atoms with Crippen LogP contribution < -0.4 is 15.1 Å². The molecule has 1 aromatic heterocycles. The summed E-state index contributed by atoms with van der Waals surface area (Å²) in [7, 11) is 0.301. The average molecular weight is 647 g/mol. The third-order valence-electron chi connectivity index (χ3n) is 7.96. The molecule has 0 aliphatic carbocycles. The largest absolute Gasteiger partial charge is 0.494 e. The highest BCUT2D eigenvalue weighted by Gasteiger charge is 2.51. The molecule has 0 saturated carbocycles. The Bertz CT molecular complexity index is 1200. The molecule has 1 heterocycles. The minimum atomic E-state index is -2.82. The molecule has 2 aromatic carbocycles. The van der Waals surface area contributed by atoms with Crippen molar-refractivity contribution >= 4 is 34.6 Å². The molecule has 0 saturated heterocycles. The third kappa shape index (κ3) is 6.93. The lowest BCUT2D eigenvalue weighted by Gasteiger charge is -2.45. The molecule has 0 fully saturated rings. The van der Waals surface area contributed by atoms with Gasteiger partial charge in [-0.15, -0.1) is 0 Å². The van der Waals surface area contributed by atoms with Gasteiger partial charge in [-0.25, -0.2) is 0 Å². The van der Waals surface area contributed by atoms with Crippen molar-refractivity contribution in [3.63, 3.8) is 0 Å². The van der Waals surface area contributed by atoms with Gasteiger partial charge < -0.3 is 28.8 Å². The van der Waals surface area contributed by atoms with Crippen LogP contribution in [-0.4, -0.2) is 63.8 Å². The summed E-state index contributed by atoms with van der Waals surface area (Å²) in [6.45, 7) is 10.3. The number of hydrogen-bond donors (Lipinski definition) is 2. The minimum Gasteiger partial charge on any atom is -0.494 e. The normalized spacial score (nSPS) is 15.3. The number of hydrogen-bond acceptors (Lipinski definition) is 7. The number of methoxy groups -OCH3 is 2. The summed E-state index contributed by atoms with van der Waals surface area (Å²) in [4.78, 5) is 4.66.